The Hall–Kier alpha value is -2.62. The largest absolute Gasteiger partial charge is 0.296 e. The minimum atomic E-state index is -0.395. The van der Waals surface area contributed by atoms with E-state index in [9.17, 15) is 9.59 Å². The lowest BCUT2D eigenvalue weighted by Gasteiger charge is -2.40. The van der Waals surface area contributed by atoms with Crippen molar-refractivity contribution in [2.24, 2.45) is 0 Å². The number of benzene rings is 2. The van der Waals surface area contributed by atoms with Crippen LogP contribution in [0.15, 0.2) is 60.7 Å². The number of carbonyl (C=O) groups is 2. The Morgan fingerprint density at radius 2 is 1.10 bits per heavy atom. The van der Waals surface area contributed by atoms with Crippen molar-refractivity contribution in [1.82, 2.24) is 31.3 Å². The van der Waals surface area contributed by atoms with Gasteiger partial charge in [-0.1, -0.05) is 60.7 Å². The SMILES string of the molecule is O=C1C2NC(c3ccccc3)NCC2N2C3CNC(c4ccccc4)NC3C(=O)N12. The molecular formula is C22H24N6O2. The lowest BCUT2D eigenvalue weighted by molar-refractivity contribution is -0.150. The fraction of sp³-hybridized carbons (Fsp3) is 0.364. The highest BCUT2D eigenvalue weighted by Gasteiger charge is 2.62. The van der Waals surface area contributed by atoms with E-state index in [1.54, 1.807) is 0 Å². The molecule has 4 saturated heterocycles. The molecule has 2 aromatic rings. The Bertz CT molecular complexity index is 893. The predicted molar refractivity (Wildman–Crippen MR) is 109 cm³/mol. The Balaban J connectivity index is 1.23. The molecule has 4 fully saturated rings. The van der Waals surface area contributed by atoms with E-state index in [1.807, 2.05) is 65.7 Å². The third-order valence-corrected chi connectivity index (χ3v) is 6.65. The van der Waals surface area contributed by atoms with E-state index < -0.39 is 12.1 Å². The van der Waals surface area contributed by atoms with Gasteiger partial charge in [0.15, 0.2) is 0 Å². The zero-order valence-electron chi connectivity index (χ0n) is 16.4. The second kappa shape index (κ2) is 6.97. The van der Waals surface area contributed by atoms with E-state index in [4.69, 9.17) is 0 Å². The summed E-state index contributed by atoms with van der Waals surface area (Å²) in [5.74, 6) is -0.306. The number of nitrogens with zero attached hydrogens (tertiary/aromatic N) is 2. The molecule has 6 atom stereocenters. The number of hydrogen-bond donors (Lipinski definition) is 4. The van der Waals surface area contributed by atoms with Crippen molar-refractivity contribution < 1.29 is 9.59 Å². The van der Waals surface area contributed by atoms with E-state index in [1.165, 1.54) is 5.01 Å². The molecule has 154 valence electrons. The third-order valence-electron chi connectivity index (χ3n) is 6.65. The molecule has 0 aromatic heterocycles. The van der Waals surface area contributed by atoms with Gasteiger partial charge in [-0.15, -0.1) is 0 Å². The molecule has 4 N–H and O–H groups in total. The van der Waals surface area contributed by atoms with Gasteiger partial charge < -0.3 is 0 Å². The quantitative estimate of drug-likeness (QED) is 0.518. The van der Waals surface area contributed by atoms with E-state index in [-0.39, 0.29) is 36.2 Å². The van der Waals surface area contributed by atoms with Crippen LogP contribution in [-0.4, -0.2) is 59.1 Å². The highest BCUT2D eigenvalue weighted by Crippen LogP contribution is 2.36. The van der Waals surface area contributed by atoms with Crippen molar-refractivity contribution in [3.05, 3.63) is 71.8 Å². The summed E-state index contributed by atoms with van der Waals surface area (Å²) in [4.78, 5) is 26.5. The van der Waals surface area contributed by atoms with Crippen LogP contribution in [0, 0.1) is 0 Å². The number of fused-ring (bicyclic) bond motifs is 5. The zero-order chi connectivity index (χ0) is 20.2. The summed E-state index contributed by atoms with van der Waals surface area (Å²) in [5, 5.41) is 17.2. The van der Waals surface area contributed by atoms with Crippen LogP contribution in [0.25, 0.3) is 0 Å². The van der Waals surface area contributed by atoms with Crippen LogP contribution in [0.2, 0.25) is 0 Å². The van der Waals surface area contributed by atoms with Crippen molar-refractivity contribution in [2.45, 2.75) is 36.5 Å². The molecule has 4 aliphatic heterocycles. The normalized spacial score (nSPS) is 35.8. The van der Waals surface area contributed by atoms with Gasteiger partial charge in [0.2, 0.25) is 0 Å². The summed E-state index contributed by atoms with van der Waals surface area (Å²) < 4.78 is 0. The van der Waals surface area contributed by atoms with E-state index in [2.05, 4.69) is 21.3 Å². The first-order valence-corrected chi connectivity index (χ1v) is 10.5. The molecule has 30 heavy (non-hydrogen) atoms. The van der Waals surface area contributed by atoms with Crippen molar-refractivity contribution in [2.75, 3.05) is 13.1 Å². The number of rotatable bonds is 2. The molecule has 2 amide bonds. The van der Waals surface area contributed by atoms with Crippen LogP contribution in [0.5, 0.6) is 0 Å². The summed E-state index contributed by atoms with van der Waals surface area (Å²) in [5.41, 5.74) is 2.17. The van der Waals surface area contributed by atoms with E-state index >= 15 is 0 Å². The van der Waals surface area contributed by atoms with Gasteiger partial charge in [0.25, 0.3) is 11.8 Å². The summed E-state index contributed by atoms with van der Waals surface area (Å²) in [7, 11) is 0. The van der Waals surface area contributed by atoms with Crippen LogP contribution in [0.1, 0.15) is 23.5 Å². The smallest absolute Gasteiger partial charge is 0.262 e. The molecule has 0 saturated carbocycles. The Labute approximate surface area is 174 Å². The van der Waals surface area contributed by atoms with E-state index in [0.717, 1.165) is 11.1 Å². The highest BCUT2D eigenvalue weighted by molar-refractivity contribution is 6.03. The fourth-order valence-corrected chi connectivity index (χ4v) is 5.24. The number of hydrazine groups is 1. The Morgan fingerprint density at radius 3 is 1.53 bits per heavy atom. The molecule has 0 aliphatic carbocycles. The number of carbonyl (C=O) groups excluding carboxylic acids is 2. The maximum absolute atomic E-state index is 13.2. The lowest BCUT2D eigenvalue weighted by Crippen LogP contribution is -2.65. The number of hydrogen-bond acceptors (Lipinski definition) is 7. The van der Waals surface area contributed by atoms with Crippen molar-refractivity contribution >= 4 is 11.8 Å². The monoisotopic (exact) mass is 404 g/mol. The van der Waals surface area contributed by atoms with E-state index in [0.29, 0.717) is 13.1 Å². The van der Waals surface area contributed by atoms with Crippen LogP contribution in [-0.2, 0) is 9.59 Å². The number of amides is 2. The molecular weight excluding hydrogens is 380 g/mol. The van der Waals surface area contributed by atoms with Gasteiger partial charge in [0.1, 0.15) is 12.1 Å². The summed E-state index contributed by atoms with van der Waals surface area (Å²) in [6.45, 7) is 1.27. The van der Waals surface area contributed by atoms with Crippen molar-refractivity contribution in [3.8, 4) is 0 Å². The van der Waals surface area contributed by atoms with Crippen molar-refractivity contribution in [1.29, 1.82) is 0 Å². The molecule has 8 nitrogen and oxygen atoms in total. The number of imide groups is 1. The maximum Gasteiger partial charge on any atom is 0.262 e. The topological polar surface area (TPSA) is 88.7 Å². The summed E-state index contributed by atoms with van der Waals surface area (Å²) in [6.07, 6.45) is -0.206. The molecule has 2 aromatic carbocycles. The van der Waals surface area contributed by atoms with Crippen LogP contribution in [0.3, 0.4) is 0 Å². The summed E-state index contributed by atoms with van der Waals surface area (Å²) in [6, 6.07) is 19.1. The third kappa shape index (κ3) is 2.65. The average molecular weight is 404 g/mol. The first-order valence-electron chi connectivity index (χ1n) is 10.5. The standard InChI is InChI=1S/C22H24N6O2/c29-21-17-15(11-23-19(25-17)13-7-3-1-4-8-13)27-16-12-24-20(14-9-5-2-6-10-14)26-18(16)22(30)28(21)27/h1-10,15-20,23-26H,11-12H2. The second-order valence-electron chi connectivity index (χ2n) is 8.30. The van der Waals surface area contributed by atoms with Gasteiger partial charge in [-0.2, -0.15) is 5.01 Å². The molecule has 0 bridgehead atoms. The Kier molecular flexibility index (Phi) is 4.22. The fourth-order valence-electron chi connectivity index (χ4n) is 5.24. The zero-order valence-corrected chi connectivity index (χ0v) is 16.4. The van der Waals surface area contributed by atoms with Gasteiger partial charge in [0.05, 0.1) is 24.4 Å². The maximum atomic E-state index is 13.2. The van der Waals surface area contributed by atoms with Crippen LogP contribution in [0.4, 0.5) is 0 Å². The van der Waals surface area contributed by atoms with Crippen LogP contribution < -0.4 is 21.3 Å². The Morgan fingerprint density at radius 1 is 0.667 bits per heavy atom. The lowest BCUT2D eigenvalue weighted by atomic mass is 9.97. The minimum Gasteiger partial charge on any atom is -0.296 e. The predicted octanol–water partition coefficient (Wildman–Crippen LogP) is -0.157. The van der Waals surface area contributed by atoms with Gasteiger partial charge in [-0.3, -0.25) is 30.9 Å². The molecule has 6 unspecified atom stereocenters. The summed E-state index contributed by atoms with van der Waals surface area (Å²) >= 11 is 0. The molecule has 8 heteroatoms. The van der Waals surface area contributed by atoms with Gasteiger partial charge >= 0.3 is 0 Å². The molecule has 0 spiro atoms. The second-order valence-corrected chi connectivity index (χ2v) is 8.30. The van der Waals surface area contributed by atoms with Gasteiger partial charge in [-0.05, 0) is 11.1 Å². The number of nitrogens with one attached hydrogen (secondary N) is 4. The highest BCUT2D eigenvalue weighted by atomic mass is 16.2. The van der Waals surface area contributed by atoms with Gasteiger partial charge in [0, 0.05) is 13.1 Å². The molecule has 4 heterocycles. The molecule has 4 aliphatic rings. The van der Waals surface area contributed by atoms with Gasteiger partial charge in [-0.25, -0.2) is 5.01 Å². The minimum absolute atomic E-state index is 0.0895. The average Bonchev–Trinajstić information content (AvgIpc) is 3.27. The van der Waals surface area contributed by atoms with Crippen molar-refractivity contribution in [3.63, 3.8) is 0 Å². The first kappa shape index (κ1) is 18.2. The first-order chi connectivity index (χ1) is 14.7. The van der Waals surface area contributed by atoms with Crippen LogP contribution >= 0.6 is 0 Å². The molecule has 6 rings (SSSR count). The molecule has 0 radical (unpaired) electrons.